The molecule has 0 unspecified atom stereocenters. The zero-order valence-electron chi connectivity index (χ0n) is 28.3. The normalized spacial score (nSPS) is 12.6. The average molecular weight is 693 g/mol. The number of hydrogen-bond donors (Lipinski definition) is 0. The fourth-order valence-electron chi connectivity index (χ4n) is 5.28. The first kappa shape index (κ1) is 35.4. The molecule has 0 heterocycles. The molecule has 5 aromatic rings. The minimum atomic E-state index is -3.78. The minimum Gasteiger partial charge on any atom is -0.497 e. The zero-order valence-corrected chi connectivity index (χ0v) is 29.9. The summed E-state index contributed by atoms with van der Waals surface area (Å²) in [4.78, 5) is 0.731. The van der Waals surface area contributed by atoms with Gasteiger partial charge >= 0.3 is 0 Å². The van der Waals surface area contributed by atoms with Gasteiger partial charge in [0.25, 0.3) is 0 Å². The van der Waals surface area contributed by atoms with E-state index in [-0.39, 0.29) is 25.0 Å². The van der Waals surface area contributed by atoms with E-state index in [9.17, 15) is 16.8 Å². The van der Waals surface area contributed by atoms with E-state index >= 15 is 0 Å². The molecule has 8 heteroatoms. The van der Waals surface area contributed by atoms with Crippen molar-refractivity contribution in [2.45, 2.75) is 59.1 Å². The van der Waals surface area contributed by atoms with Crippen molar-refractivity contribution in [1.29, 1.82) is 0 Å². The first-order valence-electron chi connectivity index (χ1n) is 15.9. The monoisotopic (exact) mass is 692 g/mol. The van der Waals surface area contributed by atoms with Crippen LogP contribution in [0.1, 0.15) is 38.3 Å². The van der Waals surface area contributed by atoms with Crippen LogP contribution in [0.25, 0.3) is 11.1 Å². The number of sulfone groups is 2. The molecule has 0 aliphatic heterocycles. The third-order valence-electron chi connectivity index (χ3n) is 8.43. The summed E-state index contributed by atoms with van der Waals surface area (Å²) in [6, 6.07) is 34.3. The molecule has 0 saturated heterocycles. The van der Waals surface area contributed by atoms with Gasteiger partial charge in [-0.05, 0) is 127 Å². The largest absolute Gasteiger partial charge is 0.497 e. The van der Waals surface area contributed by atoms with Gasteiger partial charge in [-0.2, -0.15) is 0 Å². The van der Waals surface area contributed by atoms with Gasteiger partial charge in [-0.3, -0.25) is 0 Å². The van der Waals surface area contributed by atoms with E-state index in [1.54, 1.807) is 92.0 Å². The van der Waals surface area contributed by atoms with E-state index in [0.717, 1.165) is 28.9 Å². The number of ether oxygens (including phenoxy) is 2. The van der Waals surface area contributed by atoms with Gasteiger partial charge in [-0.1, -0.05) is 74.0 Å². The summed E-state index contributed by atoms with van der Waals surface area (Å²) in [5, 5.41) is 0. The maximum atomic E-state index is 13.4. The first-order valence-corrected chi connectivity index (χ1v) is 18.8. The van der Waals surface area contributed by atoms with Gasteiger partial charge in [0.05, 0.1) is 26.7 Å². The van der Waals surface area contributed by atoms with Crippen molar-refractivity contribution in [3.63, 3.8) is 0 Å². The summed E-state index contributed by atoms with van der Waals surface area (Å²) in [6.07, 6.45) is 6.65. The van der Waals surface area contributed by atoms with Crippen molar-refractivity contribution in [3.8, 4) is 22.6 Å². The van der Waals surface area contributed by atoms with Gasteiger partial charge in [0.1, 0.15) is 17.3 Å². The quantitative estimate of drug-likeness (QED) is 0.0956. The topological polar surface area (TPSA) is 86.7 Å². The maximum absolute atomic E-state index is 13.4. The SMILES string of the molecule is C/C=C(\C=C/CC(C)(C)c1ccc(OC)cc1)Oc1ccc(S(=O)(=O)c2ccc(-c3ccc(S(=O)(=O)c4ccc(C)cc4)cc3)cc2)cc1. The smallest absolute Gasteiger partial charge is 0.206 e. The highest BCUT2D eigenvalue weighted by Crippen LogP contribution is 2.31. The van der Waals surface area contributed by atoms with E-state index in [1.807, 2.05) is 38.1 Å². The third-order valence-corrected chi connectivity index (χ3v) is 12.0. The molecule has 6 nitrogen and oxygen atoms in total. The van der Waals surface area contributed by atoms with Crippen molar-refractivity contribution in [1.82, 2.24) is 0 Å². The van der Waals surface area contributed by atoms with Crippen molar-refractivity contribution < 1.29 is 26.3 Å². The molecule has 0 atom stereocenters. The van der Waals surface area contributed by atoms with Crippen molar-refractivity contribution in [3.05, 3.63) is 156 Å². The highest BCUT2D eigenvalue weighted by atomic mass is 32.2. The molecule has 0 bridgehead atoms. The number of allylic oxidation sites excluding steroid dienone is 3. The molecule has 0 N–H and O–H groups in total. The Morgan fingerprint density at radius 3 is 1.45 bits per heavy atom. The Bertz CT molecular complexity index is 2160. The molecule has 0 saturated carbocycles. The molecule has 0 aliphatic rings. The molecule has 252 valence electrons. The van der Waals surface area contributed by atoms with Crippen LogP contribution in [0.4, 0.5) is 0 Å². The summed E-state index contributed by atoms with van der Waals surface area (Å²) in [5.41, 5.74) is 3.63. The van der Waals surface area contributed by atoms with Crippen LogP contribution >= 0.6 is 0 Å². The number of hydrogen-bond acceptors (Lipinski definition) is 6. The molecule has 0 aliphatic carbocycles. The molecule has 0 fully saturated rings. The summed E-state index contributed by atoms with van der Waals surface area (Å²) in [6.45, 7) is 8.15. The first-order chi connectivity index (χ1) is 23.3. The Hall–Kier alpha value is -4.92. The van der Waals surface area contributed by atoms with Crippen LogP contribution in [-0.2, 0) is 25.1 Å². The predicted molar refractivity (Wildman–Crippen MR) is 195 cm³/mol. The molecule has 5 rings (SSSR count). The lowest BCUT2D eigenvalue weighted by Gasteiger charge is -2.24. The van der Waals surface area contributed by atoms with Crippen molar-refractivity contribution >= 4 is 19.7 Å². The second kappa shape index (κ2) is 14.7. The second-order valence-corrected chi connectivity index (χ2v) is 16.3. The predicted octanol–water partition coefficient (Wildman–Crippen LogP) is 9.54. The van der Waals surface area contributed by atoms with Crippen LogP contribution in [0.2, 0.25) is 0 Å². The zero-order chi connectivity index (χ0) is 35.2. The highest BCUT2D eigenvalue weighted by Gasteiger charge is 2.21. The average Bonchev–Trinajstić information content (AvgIpc) is 3.11. The number of rotatable bonds is 12. The molecule has 0 aromatic heterocycles. The summed E-state index contributed by atoms with van der Waals surface area (Å²) in [7, 11) is -5.77. The molecule has 5 aromatic carbocycles. The van der Waals surface area contributed by atoms with Crippen LogP contribution in [0, 0.1) is 6.92 Å². The van der Waals surface area contributed by atoms with Crippen LogP contribution in [0.5, 0.6) is 11.5 Å². The highest BCUT2D eigenvalue weighted by molar-refractivity contribution is 7.91. The molecule has 0 radical (unpaired) electrons. The Morgan fingerprint density at radius 1 is 0.612 bits per heavy atom. The van der Waals surface area contributed by atoms with E-state index < -0.39 is 19.7 Å². The van der Waals surface area contributed by atoms with Crippen LogP contribution in [-0.4, -0.2) is 23.9 Å². The van der Waals surface area contributed by atoms with Gasteiger partial charge in [-0.15, -0.1) is 0 Å². The fourth-order valence-corrected chi connectivity index (χ4v) is 7.81. The standard InChI is InChI=1S/C41H40O6S2/c1-6-34(8-7-29-41(3,4)33-15-17-35(46-5)18-16-33)47-36-19-27-40(28-20-36)49(44,45)39-25-13-32(14-26-39)31-11-23-38(24-12-31)48(42,43)37-21-9-30(2)10-22-37/h6-28H,29H2,1-5H3/b8-7-,34-6+. The van der Waals surface area contributed by atoms with Gasteiger partial charge in [0, 0.05) is 0 Å². The second-order valence-electron chi connectivity index (χ2n) is 12.4. The summed E-state index contributed by atoms with van der Waals surface area (Å²) < 4.78 is 64.2. The fraction of sp³-hybridized carbons (Fsp3) is 0.171. The van der Waals surface area contributed by atoms with Gasteiger partial charge in [-0.25, -0.2) is 16.8 Å². The molecule has 0 spiro atoms. The molecule has 49 heavy (non-hydrogen) atoms. The van der Waals surface area contributed by atoms with Crippen LogP contribution in [0.15, 0.2) is 165 Å². The minimum absolute atomic E-state index is 0.0917. The Labute approximate surface area is 290 Å². The maximum Gasteiger partial charge on any atom is 0.206 e. The van der Waals surface area contributed by atoms with Crippen molar-refractivity contribution in [2.75, 3.05) is 7.11 Å². The van der Waals surface area contributed by atoms with Gasteiger partial charge < -0.3 is 9.47 Å². The van der Waals surface area contributed by atoms with E-state index in [2.05, 4.69) is 32.1 Å². The van der Waals surface area contributed by atoms with E-state index in [1.165, 1.54) is 17.7 Å². The molecular formula is C41H40O6S2. The lowest BCUT2D eigenvalue weighted by atomic mass is 9.81. The third kappa shape index (κ3) is 8.21. The number of aryl methyl sites for hydroxylation is 1. The summed E-state index contributed by atoms with van der Waals surface area (Å²) >= 11 is 0. The summed E-state index contributed by atoms with van der Waals surface area (Å²) in [5.74, 6) is 2.00. The van der Waals surface area contributed by atoms with Crippen molar-refractivity contribution in [2.24, 2.45) is 0 Å². The lowest BCUT2D eigenvalue weighted by Crippen LogP contribution is -2.15. The lowest BCUT2D eigenvalue weighted by molar-refractivity contribution is 0.414. The Kier molecular flexibility index (Phi) is 10.6. The van der Waals surface area contributed by atoms with Gasteiger partial charge in [0.2, 0.25) is 19.7 Å². The molecule has 0 amide bonds. The van der Waals surface area contributed by atoms with E-state index in [0.29, 0.717) is 11.5 Å². The Balaban J connectivity index is 1.22. The molecular weight excluding hydrogens is 653 g/mol. The van der Waals surface area contributed by atoms with Gasteiger partial charge in [0.15, 0.2) is 0 Å². The Morgan fingerprint density at radius 2 is 1.02 bits per heavy atom. The van der Waals surface area contributed by atoms with Crippen LogP contribution < -0.4 is 9.47 Å². The van der Waals surface area contributed by atoms with E-state index in [4.69, 9.17) is 9.47 Å². The van der Waals surface area contributed by atoms with Crippen LogP contribution in [0.3, 0.4) is 0 Å². The number of benzene rings is 5. The number of methoxy groups -OCH3 is 1.